The van der Waals surface area contributed by atoms with Crippen LogP contribution in [0, 0.1) is 0 Å². The van der Waals surface area contributed by atoms with E-state index in [0.717, 1.165) is 6.07 Å². The van der Waals surface area contributed by atoms with Crippen molar-refractivity contribution in [3.63, 3.8) is 0 Å². The van der Waals surface area contributed by atoms with Gasteiger partial charge in [-0.05, 0) is 23.1 Å². The molecule has 0 saturated carbocycles. The minimum absolute atomic E-state index is 0.288. The van der Waals surface area contributed by atoms with Crippen LogP contribution in [0.4, 0.5) is 13.2 Å². The number of rotatable bonds is 0. The molecule has 0 bridgehead atoms. The summed E-state index contributed by atoms with van der Waals surface area (Å²) in [4.78, 5) is 0. The third-order valence-electron chi connectivity index (χ3n) is 2.68. The molecule has 0 aliphatic rings. The van der Waals surface area contributed by atoms with Crippen molar-refractivity contribution in [2.75, 3.05) is 0 Å². The minimum Gasteiger partial charge on any atom is -0.278 e. The average molecular weight is 242 g/mol. The largest absolute Gasteiger partial charge is 0.416 e. The van der Waals surface area contributed by atoms with Gasteiger partial charge in [0.2, 0.25) is 0 Å². The molecule has 0 aliphatic carbocycles. The van der Waals surface area contributed by atoms with Crippen molar-refractivity contribution < 1.29 is 13.2 Å². The summed E-state index contributed by atoms with van der Waals surface area (Å²) in [6, 6.07) is 2.53. The summed E-state index contributed by atoms with van der Waals surface area (Å²) < 4.78 is 38.9. The highest BCUT2D eigenvalue weighted by Crippen LogP contribution is 2.40. The normalized spacial score (nSPS) is 13.3. The van der Waals surface area contributed by atoms with Gasteiger partial charge in [0, 0.05) is 5.39 Å². The fraction of sp³-hybridized carbons (Fsp3) is 0.417. The Labute approximate surface area is 96.8 Å². The van der Waals surface area contributed by atoms with E-state index in [1.165, 1.54) is 12.3 Å². The summed E-state index contributed by atoms with van der Waals surface area (Å²) in [6.45, 7) is 5.30. The Morgan fingerprint density at radius 2 is 1.76 bits per heavy atom. The molecule has 0 fully saturated rings. The number of fused-ring (bicyclic) bond motifs is 1. The Kier molecular flexibility index (Phi) is 2.45. The number of nitrogens with zero attached hydrogens (tertiary/aromatic N) is 1. The fourth-order valence-corrected chi connectivity index (χ4v) is 2.06. The maximum Gasteiger partial charge on any atom is 0.416 e. The van der Waals surface area contributed by atoms with Gasteiger partial charge in [-0.1, -0.05) is 20.8 Å². The van der Waals surface area contributed by atoms with E-state index in [1.54, 1.807) is 20.8 Å². The summed E-state index contributed by atoms with van der Waals surface area (Å²) in [5, 5.41) is 7.03. The van der Waals surface area contributed by atoms with Gasteiger partial charge in [0.1, 0.15) is 0 Å². The molecule has 17 heavy (non-hydrogen) atoms. The number of hydrogen-bond acceptors (Lipinski definition) is 1. The van der Waals surface area contributed by atoms with Gasteiger partial charge in [-0.15, -0.1) is 0 Å². The van der Waals surface area contributed by atoms with Crippen molar-refractivity contribution in [3.05, 3.63) is 29.5 Å². The van der Waals surface area contributed by atoms with Gasteiger partial charge in [0.15, 0.2) is 0 Å². The van der Waals surface area contributed by atoms with E-state index >= 15 is 0 Å². The number of hydrogen-bond donors (Lipinski definition) is 1. The molecule has 2 rings (SSSR count). The number of aromatic amines is 1. The van der Waals surface area contributed by atoms with Crippen LogP contribution >= 0.6 is 0 Å². The Hall–Kier alpha value is -1.52. The van der Waals surface area contributed by atoms with Crippen LogP contribution in [0.2, 0.25) is 0 Å². The van der Waals surface area contributed by atoms with Crippen molar-refractivity contribution in [2.24, 2.45) is 0 Å². The number of nitrogens with one attached hydrogen (secondary N) is 1. The summed E-state index contributed by atoms with van der Waals surface area (Å²) >= 11 is 0. The second kappa shape index (κ2) is 3.48. The smallest absolute Gasteiger partial charge is 0.278 e. The third kappa shape index (κ3) is 2.01. The van der Waals surface area contributed by atoms with Gasteiger partial charge in [-0.2, -0.15) is 18.3 Å². The average Bonchev–Trinajstić information content (AvgIpc) is 2.59. The summed E-state index contributed by atoms with van der Waals surface area (Å²) in [6.07, 6.45) is -2.89. The first-order valence-electron chi connectivity index (χ1n) is 5.25. The highest BCUT2D eigenvalue weighted by atomic mass is 19.4. The summed E-state index contributed by atoms with van der Waals surface area (Å²) in [7, 11) is 0. The van der Waals surface area contributed by atoms with E-state index in [2.05, 4.69) is 10.2 Å². The molecular weight excluding hydrogens is 229 g/mol. The van der Waals surface area contributed by atoms with E-state index in [0.29, 0.717) is 10.9 Å². The van der Waals surface area contributed by atoms with Crippen molar-refractivity contribution in [2.45, 2.75) is 32.4 Å². The molecule has 1 N–H and O–H groups in total. The lowest BCUT2D eigenvalue weighted by molar-refractivity contribution is -0.138. The third-order valence-corrected chi connectivity index (χ3v) is 2.68. The first kappa shape index (κ1) is 12.0. The lowest BCUT2D eigenvalue weighted by Gasteiger charge is -2.24. The van der Waals surface area contributed by atoms with Gasteiger partial charge in [0.25, 0.3) is 0 Å². The molecule has 1 heterocycles. The minimum atomic E-state index is -4.34. The topological polar surface area (TPSA) is 28.7 Å². The number of benzene rings is 1. The summed E-state index contributed by atoms with van der Waals surface area (Å²) in [5.41, 5.74) is -0.257. The maximum absolute atomic E-state index is 13.0. The first-order chi connectivity index (χ1) is 7.71. The van der Waals surface area contributed by atoms with Crippen LogP contribution in [0.3, 0.4) is 0 Å². The zero-order chi connectivity index (χ0) is 12.8. The van der Waals surface area contributed by atoms with Gasteiger partial charge in [-0.25, -0.2) is 0 Å². The Morgan fingerprint density at radius 3 is 2.29 bits per heavy atom. The maximum atomic E-state index is 13.0. The monoisotopic (exact) mass is 242 g/mol. The molecule has 0 unspecified atom stereocenters. The number of aromatic nitrogens is 2. The van der Waals surface area contributed by atoms with E-state index in [1.807, 2.05) is 0 Å². The van der Waals surface area contributed by atoms with E-state index in [4.69, 9.17) is 0 Å². The number of alkyl halides is 3. The Balaban J connectivity index is 2.85. The number of halogens is 3. The highest BCUT2D eigenvalue weighted by Gasteiger charge is 2.37. The van der Waals surface area contributed by atoms with E-state index < -0.39 is 17.2 Å². The standard InChI is InChI=1S/C12H13F3N2/c1-11(2,3)10-7-6-16-17-9(7)5-4-8(10)12(13,14)15/h4-6H,1-3H3,(H,16,17). The lowest BCUT2D eigenvalue weighted by Crippen LogP contribution is -2.19. The second-order valence-electron chi connectivity index (χ2n) is 5.07. The molecular formula is C12H13F3N2. The molecule has 0 amide bonds. The highest BCUT2D eigenvalue weighted by molar-refractivity contribution is 5.84. The molecule has 2 aromatic rings. The zero-order valence-corrected chi connectivity index (χ0v) is 9.81. The van der Waals surface area contributed by atoms with Crippen molar-refractivity contribution in [3.8, 4) is 0 Å². The lowest BCUT2D eigenvalue weighted by atomic mass is 9.81. The predicted octanol–water partition coefficient (Wildman–Crippen LogP) is 3.88. The Bertz CT molecular complexity index is 547. The molecule has 1 aromatic heterocycles. The van der Waals surface area contributed by atoms with Gasteiger partial charge < -0.3 is 0 Å². The molecule has 0 aliphatic heterocycles. The SMILES string of the molecule is CC(C)(C)c1c(C(F)(F)F)ccc2[nH]ncc12. The molecule has 92 valence electrons. The molecule has 0 spiro atoms. The van der Waals surface area contributed by atoms with Crippen LogP contribution in [0.1, 0.15) is 31.9 Å². The molecule has 0 atom stereocenters. The molecule has 0 radical (unpaired) electrons. The quantitative estimate of drug-likeness (QED) is 0.746. The first-order valence-corrected chi connectivity index (χ1v) is 5.25. The van der Waals surface area contributed by atoms with Crippen LogP contribution in [0.25, 0.3) is 10.9 Å². The summed E-state index contributed by atoms with van der Waals surface area (Å²) in [5.74, 6) is 0. The van der Waals surface area contributed by atoms with Crippen molar-refractivity contribution in [1.29, 1.82) is 0 Å². The number of H-pyrrole nitrogens is 1. The van der Waals surface area contributed by atoms with E-state index in [9.17, 15) is 13.2 Å². The van der Waals surface area contributed by atoms with Gasteiger partial charge in [0.05, 0.1) is 17.3 Å². The molecule has 1 aromatic carbocycles. The van der Waals surface area contributed by atoms with E-state index in [-0.39, 0.29) is 5.56 Å². The van der Waals surface area contributed by atoms with Crippen LogP contribution in [-0.2, 0) is 11.6 Å². The molecule has 5 heteroatoms. The van der Waals surface area contributed by atoms with Crippen LogP contribution in [-0.4, -0.2) is 10.2 Å². The van der Waals surface area contributed by atoms with Gasteiger partial charge in [-0.3, -0.25) is 5.10 Å². The predicted molar refractivity (Wildman–Crippen MR) is 59.8 cm³/mol. The fourth-order valence-electron chi connectivity index (χ4n) is 2.06. The van der Waals surface area contributed by atoms with Crippen LogP contribution in [0.15, 0.2) is 18.3 Å². The second-order valence-corrected chi connectivity index (χ2v) is 5.07. The van der Waals surface area contributed by atoms with Crippen LogP contribution < -0.4 is 0 Å². The van der Waals surface area contributed by atoms with Gasteiger partial charge >= 0.3 is 6.18 Å². The molecule has 2 nitrogen and oxygen atoms in total. The van der Waals surface area contributed by atoms with Crippen LogP contribution in [0.5, 0.6) is 0 Å². The zero-order valence-electron chi connectivity index (χ0n) is 9.81. The van der Waals surface area contributed by atoms with Crippen molar-refractivity contribution >= 4 is 10.9 Å². The molecule has 0 saturated heterocycles. The van der Waals surface area contributed by atoms with Crippen molar-refractivity contribution in [1.82, 2.24) is 10.2 Å². The Morgan fingerprint density at radius 1 is 1.12 bits per heavy atom.